The Morgan fingerprint density at radius 2 is 2.04 bits per heavy atom. The minimum absolute atomic E-state index is 0.411. The van der Waals surface area contributed by atoms with Gasteiger partial charge in [0.25, 0.3) is 0 Å². The van der Waals surface area contributed by atoms with Gasteiger partial charge >= 0.3 is 0 Å². The Morgan fingerprint density at radius 3 is 2.73 bits per heavy atom. The zero-order valence-electron chi connectivity index (χ0n) is 15.2. The third kappa shape index (κ3) is 4.60. The van der Waals surface area contributed by atoms with E-state index in [1.165, 1.54) is 15.0 Å². The van der Waals surface area contributed by atoms with Crippen LogP contribution in [0.15, 0.2) is 35.3 Å². The van der Waals surface area contributed by atoms with Gasteiger partial charge in [-0.05, 0) is 38.3 Å². The highest BCUT2D eigenvalue weighted by Crippen LogP contribution is 2.29. The maximum Gasteiger partial charge on any atom is 0.191 e. The molecule has 1 aromatic carbocycles. The van der Waals surface area contributed by atoms with E-state index in [2.05, 4.69) is 45.7 Å². The van der Waals surface area contributed by atoms with Crippen molar-refractivity contribution in [2.24, 2.45) is 4.99 Å². The highest BCUT2D eigenvalue weighted by molar-refractivity contribution is 7.19. The molecule has 0 fully saturated rings. The lowest BCUT2D eigenvalue weighted by atomic mass is 10.2. The molecule has 2 aromatic heterocycles. The molecule has 138 valence electrons. The van der Waals surface area contributed by atoms with Gasteiger partial charge in [0, 0.05) is 27.5 Å². The molecule has 3 rings (SSSR count). The SMILES string of the molecule is CCNC(=NCc1nc(C)c(C)s1)NCC(O)c1cc2ccccc2s1. The topological polar surface area (TPSA) is 69.5 Å². The lowest BCUT2D eigenvalue weighted by Gasteiger charge is -2.14. The number of fused-ring (bicyclic) bond motifs is 1. The van der Waals surface area contributed by atoms with Crippen LogP contribution < -0.4 is 10.6 Å². The van der Waals surface area contributed by atoms with E-state index in [9.17, 15) is 5.11 Å². The summed E-state index contributed by atoms with van der Waals surface area (Å²) in [5.41, 5.74) is 1.07. The van der Waals surface area contributed by atoms with E-state index < -0.39 is 6.10 Å². The van der Waals surface area contributed by atoms with Gasteiger partial charge in [0.05, 0.1) is 12.2 Å². The molecular formula is C19H24N4OS2. The van der Waals surface area contributed by atoms with Gasteiger partial charge in [-0.3, -0.25) is 0 Å². The Hall–Kier alpha value is -1.96. The second-order valence-electron chi connectivity index (χ2n) is 6.03. The molecule has 3 aromatic rings. The minimum atomic E-state index is -0.569. The number of aliphatic hydroxyl groups is 1. The van der Waals surface area contributed by atoms with Crippen molar-refractivity contribution in [3.8, 4) is 0 Å². The monoisotopic (exact) mass is 388 g/mol. The highest BCUT2D eigenvalue weighted by atomic mass is 32.1. The quantitative estimate of drug-likeness (QED) is 0.444. The Balaban J connectivity index is 1.62. The summed E-state index contributed by atoms with van der Waals surface area (Å²) in [4.78, 5) is 11.3. The number of guanidine groups is 1. The molecule has 0 aliphatic rings. The predicted octanol–water partition coefficient (Wildman–Crippen LogP) is 3.76. The van der Waals surface area contributed by atoms with Gasteiger partial charge in [-0.2, -0.15) is 0 Å². The number of nitrogens with zero attached hydrogens (tertiary/aromatic N) is 2. The van der Waals surface area contributed by atoms with E-state index in [1.807, 2.05) is 26.0 Å². The number of benzene rings is 1. The Labute approximate surface area is 161 Å². The number of aliphatic imine (C=N–C) groups is 1. The van der Waals surface area contributed by atoms with Gasteiger partial charge in [0.2, 0.25) is 0 Å². The lowest BCUT2D eigenvalue weighted by Crippen LogP contribution is -2.39. The van der Waals surface area contributed by atoms with Crippen LogP contribution in [0, 0.1) is 13.8 Å². The van der Waals surface area contributed by atoms with Gasteiger partial charge in [-0.1, -0.05) is 18.2 Å². The summed E-state index contributed by atoms with van der Waals surface area (Å²) in [5.74, 6) is 0.693. The normalized spacial score (nSPS) is 13.2. The van der Waals surface area contributed by atoms with Gasteiger partial charge in [-0.25, -0.2) is 9.98 Å². The number of rotatable bonds is 6. The van der Waals surface area contributed by atoms with Crippen LogP contribution in [0.4, 0.5) is 0 Å². The molecule has 3 N–H and O–H groups in total. The standard InChI is InChI=1S/C19H24N4OS2/c1-4-20-19(22-11-18-23-12(2)13(3)25-18)21-10-15(24)17-9-14-7-5-6-8-16(14)26-17/h5-9,15,24H,4,10-11H2,1-3H3,(H2,20,21,22). The second kappa shape index (κ2) is 8.62. The molecule has 5 nitrogen and oxygen atoms in total. The van der Waals surface area contributed by atoms with Crippen LogP contribution in [-0.2, 0) is 6.54 Å². The van der Waals surface area contributed by atoms with Crippen molar-refractivity contribution < 1.29 is 5.11 Å². The number of aromatic nitrogens is 1. The van der Waals surface area contributed by atoms with Gasteiger partial charge in [0.1, 0.15) is 11.1 Å². The zero-order valence-corrected chi connectivity index (χ0v) is 16.9. The van der Waals surface area contributed by atoms with Gasteiger partial charge in [0.15, 0.2) is 5.96 Å². The Kier molecular flexibility index (Phi) is 6.24. The van der Waals surface area contributed by atoms with Crippen molar-refractivity contribution in [3.63, 3.8) is 0 Å². The fourth-order valence-electron chi connectivity index (χ4n) is 2.56. The molecule has 0 bridgehead atoms. The number of nitrogens with one attached hydrogen (secondary N) is 2. The summed E-state index contributed by atoms with van der Waals surface area (Å²) in [6, 6.07) is 10.2. The third-order valence-corrected chi connectivity index (χ3v) is 6.30. The predicted molar refractivity (Wildman–Crippen MR) is 111 cm³/mol. The minimum Gasteiger partial charge on any atom is -0.386 e. The van der Waals surface area contributed by atoms with Crippen LogP contribution in [0.25, 0.3) is 10.1 Å². The summed E-state index contributed by atoms with van der Waals surface area (Å²) in [6.45, 7) is 7.83. The largest absolute Gasteiger partial charge is 0.386 e. The molecule has 7 heteroatoms. The molecule has 0 radical (unpaired) electrons. The van der Waals surface area contributed by atoms with Crippen LogP contribution in [0.5, 0.6) is 0 Å². The maximum absolute atomic E-state index is 10.5. The number of thiophene rings is 1. The molecule has 0 saturated heterocycles. The van der Waals surface area contributed by atoms with Crippen LogP contribution in [0.3, 0.4) is 0 Å². The summed E-state index contributed by atoms with van der Waals surface area (Å²) in [7, 11) is 0. The number of hydrogen-bond acceptors (Lipinski definition) is 5. The first-order valence-corrected chi connectivity index (χ1v) is 10.3. The molecule has 26 heavy (non-hydrogen) atoms. The van der Waals surface area contributed by atoms with Crippen molar-refractivity contribution in [2.75, 3.05) is 13.1 Å². The molecule has 1 atom stereocenters. The molecule has 0 amide bonds. The number of aryl methyl sites for hydroxylation is 2. The lowest BCUT2D eigenvalue weighted by molar-refractivity contribution is 0.184. The average molecular weight is 389 g/mol. The first kappa shape index (κ1) is 18.8. The average Bonchev–Trinajstić information content (AvgIpc) is 3.20. The molecule has 2 heterocycles. The van der Waals surface area contributed by atoms with Crippen molar-refractivity contribution in [2.45, 2.75) is 33.4 Å². The molecule has 0 saturated carbocycles. The van der Waals surface area contributed by atoms with Gasteiger partial charge in [-0.15, -0.1) is 22.7 Å². The molecule has 0 aliphatic carbocycles. The van der Waals surface area contributed by atoms with E-state index in [4.69, 9.17) is 0 Å². The fourth-order valence-corrected chi connectivity index (χ4v) is 4.46. The van der Waals surface area contributed by atoms with Gasteiger partial charge < -0.3 is 15.7 Å². The zero-order chi connectivity index (χ0) is 18.5. The smallest absolute Gasteiger partial charge is 0.191 e. The van der Waals surface area contributed by atoms with E-state index >= 15 is 0 Å². The first-order valence-electron chi connectivity index (χ1n) is 8.68. The molecular weight excluding hydrogens is 364 g/mol. The fraction of sp³-hybridized carbons (Fsp3) is 0.368. The summed E-state index contributed by atoms with van der Waals surface area (Å²) >= 11 is 3.30. The Bertz CT molecular complexity index is 847. The second-order valence-corrected chi connectivity index (χ2v) is 8.43. The van der Waals surface area contributed by atoms with Crippen LogP contribution >= 0.6 is 22.7 Å². The van der Waals surface area contributed by atoms with Crippen molar-refractivity contribution in [1.82, 2.24) is 15.6 Å². The molecule has 1 unspecified atom stereocenters. The van der Waals surface area contributed by atoms with E-state index in [0.717, 1.165) is 22.1 Å². The third-order valence-electron chi connectivity index (χ3n) is 4.03. The van der Waals surface area contributed by atoms with Crippen LogP contribution in [0.2, 0.25) is 0 Å². The summed E-state index contributed by atoms with van der Waals surface area (Å²) in [6.07, 6.45) is -0.569. The number of thiazole rings is 1. The van der Waals surface area contributed by atoms with Crippen molar-refractivity contribution in [1.29, 1.82) is 0 Å². The molecule has 0 aliphatic heterocycles. The van der Waals surface area contributed by atoms with Crippen molar-refractivity contribution in [3.05, 3.63) is 50.8 Å². The summed E-state index contributed by atoms with van der Waals surface area (Å²) < 4.78 is 1.19. The van der Waals surface area contributed by atoms with Crippen LogP contribution in [-0.4, -0.2) is 29.1 Å². The first-order chi connectivity index (χ1) is 12.6. The van der Waals surface area contributed by atoms with Crippen molar-refractivity contribution >= 4 is 38.7 Å². The van der Waals surface area contributed by atoms with E-state index in [0.29, 0.717) is 19.0 Å². The van der Waals surface area contributed by atoms with E-state index in [-0.39, 0.29) is 0 Å². The molecule has 0 spiro atoms. The summed E-state index contributed by atoms with van der Waals surface area (Å²) in [5, 5.41) is 19.1. The highest BCUT2D eigenvalue weighted by Gasteiger charge is 2.12. The number of aliphatic hydroxyl groups excluding tert-OH is 1. The number of hydrogen-bond donors (Lipinski definition) is 3. The maximum atomic E-state index is 10.5. The van der Waals surface area contributed by atoms with Crippen LogP contribution in [0.1, 0.15) is 33.5 Å². The van der Waals surface area contributed by atoms with E-state index in [1.54, 1.807) is 22.7 Å². The Morgan fingerprint density at radius 1 is 1.23 bits per heavy atom.